The maximum absolute atomic E-state index is 12.3. The molecule has 1 unspecified atom stereocenters. The van der Waals surface area contributed by atoms with Gasteiger partial charge in [0.15, 0.2) is 11.0 Å². The lowest BCUT2D eigenvalue weighted by atomic mass is 10.2. The number of allylic oxidation sites excluding steroid dienone is 1. The lowest BCUT2D eigenvalue weighted by Crippen LogP contribution is -2.28. The van der Waals surface area contributed by atoms with Crippen LogP contribution in [-0.2, 0) is 11.3 Å². The van der Waals surface area contributed by atoms with E-state index in [-0.39, 0.29) is 17.7 Å². The number of hydrogen-bond donors (Lipinski definition) is 2. The quantitative estimate of drug-likeness (QED) is 0.558. The van der Waals surface area contributed by atoms with Crippen LogP contribution >= 0.6 is 11.8 Å². The zero-order valence-electron chi connectivity index (χ0n) is 13.3. The molecule has 2 amide bonds. The topological polar surface area (TPSA) is 103 Å². The van der Waals surface area contributed by atoms with E-state index in [2.05, 4.69) is 22.1 Å². The largest absolute Gasteiger partial charge is 0.369 e. The van der Waals surface area contributed by atoms with Crippen molar-refractivity contribution < 1.29 is 9.59 Å². The fourth-order valence-electron chi connectivity index (χ4n) is 2.10. The molecule has 7 nitrogen and oxygen atoms in total. The molecule has 0 bridgehead atoms. The van der Waals surface area contributed by atoms with Crippen molar-refractivity contribution in [3.63, 3.8) is 0 Å². The maximum atomic E-state index is 12.3. The van der Waals surface area contributed by atoms with E-state index in [9.17, 15) is 9.59 Å². The van der Waals surface area contributed by atoms with Gasteiger partial charge in [-0.3, -0.25) is 9.59 Å². The van der Waals surface area contributed by atoms with Crippen molar-refractivity contribution in [1.29, 1.82) is 0 Å². The van der Waals surface area contributed by atoms with Crippen molar-refractivity contribution in [3.8, 4) is 0 Å². The Bertz CT molecular complexity index is 729. The summed E-state index contributed by atoms with van der Waals surface area (Å²) < 4.78 is 1.80. The van der Waals surface area contributed by atoms with Crippen molar-refractivity contribution in [3.05, 3.63) is 54.4 Å². The van der Waals surface area contributed by atoms with E-state index in [1.807, 2.05) is 13.0 Å². The van der Waals surface area contributed by atoms with Crippen LogP contribution in [0, 0.1) is 0 Å². The monoisotopic (exact) mass is 345 g/mol. The number of nitrogens with one attached hydrogen (secondary N) is 1. The molecule has 1 heterocycles. The van der Waals surface area contributed by atoms with Gasteiger partial charge in [-0.1, -0.05) is 36.0 Å². The first kappa shape index (κ1) is 17.7. The Morgan fingerprint density at radius 2 is 2.08 bits per heavy atom. The SMILES string of the molecule is C=CCn1c(SCC(N)=O)nnc1C(C)NC(=O)c1ccccc1. The van der Waals surface area contributed by atoms with Crippen molar-refractivity contribution in [1.82, 2.24) is 20.1 Å². The molecule has 0 spiro atoms. The number of nitrogens with zero attached hydrogens (tertiary/aromatic N) is 3. The van der Waals surface area contributed by atoms with Gasteiger partial charge in [0.2, 0.25) is 5.91 Å². The third kappa shape index (κ3) is 4.45. The van der Waals surface area contributed by atoms with Crippen LogP contribution in [-0.4, -0.2) is 32.3 Å². The first-order chi connectivity index (χ1) is 11.5. The zero-order chi connectivity index (χ0) is 17.5. The number of rotatable bonds is 8. The van der Waals surface area contributed by atoms with Crippen molar-refractivity contribution in [2.75, 3.05) is 5.75 Å². The van der Waals surface area contributed by atoms with Crippen LogP contribution in [0.2, 0.25) is 0 Å². The average molecular weight is 345 g/mol. The van der Waals surface area contributed by atoms with Gasteiger partial charge < -0.3 is 15.6 Å². The van der Waals surface area contributed by atoms with E-state index in [1.165, 1.54) is 11.8 Å². The van der Waals surface area contributed by atoms with E-state index >= 15 is 0 Å². The van der Waals surface area contributed by atoms with Crippen molar-refractivity contribution in [2.24, 2.45) is 5.73 Å². The fraction of sp³-hybridized carbons (Fsp3) is 0.250. The van der Waals surface area contributed by atoms with Crippen LogP contribution in [0.4, 0.5) is 0 Å². The highest BCUT2D eigenvalue weighted by Gasteiger charge is 2.20. The first-order valence-electron chi connectivity index (χ1n) is 7.34. The van der Waals surface area contributed by atoms with E-state index in [0.29, 0.717) is 23.1 Å². The van der Waals surface area contributed by atoms with Gasteiger partial charge in [-0.15, -0.1) is 16.8 Å². The van der Waals surface area contributed by atoms with Gasteiger partial charge in [-0.2, -0.15) is 0 Å². The van der Waals surface area contributed by atoms with Crippen molar-refractivity contribution in [2.45, 2.75) is 24.7 Å². The minimum Gasteiger partial charge on any atom is -0.369 e. The Kier molecular flexibility index (Phi) is 6.14. The molecular formula is C16H19N5O2S. The number of thioether (sulfide) groups is 1. The summed E-state index contributed by atoms with van der Waals surface area (Å²) in [6.45, 7) is 6.01. The minimum atomic E-state index is -0.430. The number of aromatic nitrogens is 3. The van der Waals surface area contributed by atoms with Gasteiger partial charge in [-0.25, -0.2) is 0 Å². The fourth-order valence-corrected chi connectivity index (χ4v) is 2.79. The van der Waals surface area contributed by atoms with Gasteiger partial charge in [0, 0.05) is 12.1 Å². The molecule has 0 aliphatic carbocycles. The molecule has 0 saturated heterocycles. The Balaban J connectivity index is 2.16. The molecule has 2 rings (SSSR count). The summed E-state index contributed by atoms with van der Waals surface area (Å²) in [5.41, 5.74) is 5.74. The molecule has 3 N–H and O–H groups in total. The molecule has 126 valence electrons. The number of primary amides is 1. The maximum Gasteiger partial charge on any atom is 0.251 e. The van der Waals surface area contributed by atoms with Gasteiger partial charge in [0.1, 0.15) is 0 Å². The second-order valence-corrected chi connectivity index (χ2v) is 6.00. The molecule has 0 fully saturated rings. The second-order valence-electron chi connectivity index (χ2n) is 5.06. The highest BCUT2D eigenvalue weighted by Crippen LogP contribution is 2.20. The number of hydrogen-bond acceptors (Lipinski definition) is 5. The van der Waals surface area contributed by atoms with E-state index in [1.54, 1.807) is 34.9 Å². The number of benzene rings is 1. The molecule has 0 radical (unpaired) electrons. The Morgan fingerprint density at radius 3 is 2.71 bits per heavy atom. The summed E-state index contributed by atoms with van der Waals surface area (Å²) >= 11 is 1.20. The van der Waals surface area contributed by atoms with Crippen LogP contribution in [0.1, 0.15) is 29.1 Å². The molecule has 24 heavy (non-hydrogen) atoms. The molecule has 8 heteroatoms. The van der Waals surface area contributed by atoms with Gasteiger partial charge in [0.25, 0.3) is 5.91 Å². The summed E-state index contributed by atoms with van der Waals surface area (Å²) in [7, 11) is 0. The third-order valence-corrected chi connectivity index (χ3v) is 4.16. The lowest BCUT2D eigenvalue weighted by molar-refractivity contribution is -0.115. The summed E-state index contributed by atoms with van der Waals surface area (Å²) in [5.74, 6) is 0.0777. The molecule has 1 aromatic heterocycles. The minimum absolute atomic E-state index is 0.111. The van der Waals surface area contributed by atoms with E-state index in [0.717, 1.165) is 0 Å². The predicted molar refractivity (Wildman–Crippen MR) is 92.5 cm³/mol. The second kappa shape index (κ2) is 8.30. The Hall–Kier alpha value is -2.61. The number of amides is 2. The summed E-state index contributed by atoms with van der Waals surface area (Å²) in [5, 5.41) is 11.7. The lowest BCUT2D eigenvalue weighted by Gasteiger charge is -2.15. The number of carbonyl (C=O) groups excluding carboxylic acids is 2. The molecular weight excluding hydrogens is 326 g/mol. The summed E-state index contributed by atoms with van der Waals surface area (Å²) in [4.78, 5) is 23.2. The number of carbonyl (C=O) groups is 2. The van der Waals surface area contributed by atoms with Gasteiger partial charge in [-0.05, 0) is 19.1 Å². The third-order valence-electron chi connectivity index (χ3n) is 3.17. The Labute approximate surface area is 144 Å². The smallest absolute Gasteiger partial charge is 0.251 e. The molecule has 1 atom stereocenters. The Morgan fingerprint density at radius 1 is 1.38 bits per heavy atom. The predicted octanol–water partition coefficient (Wildman–Crippen LogP) is 1.53. The zero-order valence-corrected chi connectivity index (χ0v) is 14.1. The highest BCUT2D eigenvalue weighted by atomic mass is 32.2. The standard InChI is InChI=1S/C16H19N5O2S/c1-3-9-21-14(19-20-16(21)24-10-13(17)22)11(2)18-15(23)12-7-5-4-6-8-12/h3-8,11H,1,9-10H2,2H3,(H2,17,22)(H,18,23). The first-order valence-corrected chi connectivity index (χ1v) is 8.32. The van der Waals surface area contributed by atoms with Crippen LogP contribution in [0.5, 0.6) is 0 Å². The van der Waals surface area contributed by atoms with Crippen molar-refractivity contribution >= 4 is 23.6 Å². The molecule has 2 aromatic rings. The average Bonchev–Trinajstić information content (AvgIpc) is 2.97. The van der Waals surface area contributed by atoms with Crippen LogP contribution in [0.25, 0.3) is 0 Å². The number of nitrogens with two attached hydrogens (primary N) is 1. The normalized spacial score (nSPS) is 11.7. The summed E-state index contributed by atoms with van der Waals surface area (Å²) in [6, 6.07) is 8.59. The highest BCUT2D eigenvalue weighted by molar-refractivity contribution is 7.99. The van der Waals surface area contributed by atoms with Gasteiger partial charge >= 0.3 is 0 Å². The van der Waals surface area contributed by atoms with Crippen LogP contribution < -0.4 is 11.1 Å². The molecule has 1 aromatic carbocycles. The molecule has 0 saturated carbocycles. The van der Waals surface area contributed by atoms with Gasteiger partial charge in [0.05, 0.1) is 11.8 Å². The van der Waals surface area contributed by atoms with E-state index < -0.39 is 5.91 Å². The molecule has 0 aliphatic rings. The summed E-state index contributed by atoms with van der Waals surface area (Å²) in [6.07, 6.45) is 1.70. The van der Waals surface area contributed by atoms with Crippen LogP contribution in [0.15, 0.2) is 48.1 Å². The van der Waals surface area contributed by atoms with Crippen LogP contribution in [0.3, 0.4) is 0 Å². The molecule has 0 aliphatic heterocycles. The van der Waals surface area contributed by atoms with E-state index in [4.69, 9.17) is 5.73 Å².